The minimum atomic E-state index is -0.0695. The Bertz CT molecular complexity index is 159. The summed E-state index contributed by atoms with van der Waals surface area (Å²) < 4.78 is 5.48. The molecule has 0 heterocycles. The first-order valence-corrected chi connectivity index (χ1v) is 5.45. The third kappa shape index (κ3) is 2.56. The van der Waals surface area contributed by atoms with Crippen molar-refractivity contribution in [3.05, 3.63) is 0 Å². The quantitative estimate of drug-likeness (QED) is 0.542. The lowest BCUT2D eigenvalue weighted by Gasteiger charge is -2.18. The van der Waals surface area contributed by atoms with Crippen LogP contribution in [-0.2, 0) is 9.53 Å². The predicted octanol–water partition coefficient (Wildman–Crippen LogP) is 2.30. The van der Waals surface area contributed by atoms with Crippen LogP contribution >= 0.6 is 15.9 Å². The summed E-state index contributed by atoms with van der Waals surface area (Å²) in [5, 5.41) is 0. The summed E-state index contributed by atoms with van der Waals surface area (Å²) in [4.78, 5) is 11.3. The summed E-state index contributed by atoms with van der Waals surface area (Å²) in [6.07, 6.45) is 3.95. The number of Topliss-reactive ketones (excluding diaryl/α,β-unsaturated/α-hetero) is 1. The Hall–Kier alpha value is 0.110. The van der Waals surface area contributed by atoms with E-state index in [4.69, 9.17) is 4.74 Å². The van der Waals surface area contributed by atoms with Crippen LogP contribution in [0, 0.1) is 0 Å². The number of carbonyl (C=O) groups is 1. The van der Waals surface area contributed by atoms with Gasteiger partial charge in [-0.3, -0.25) is 4.79 Å². The van der Waals surface area contributed by atoms with Crippen molar-refractivity contribution in [3.8, 4) is 0 Å². The molecule has 2 nitrogen and oxygen atoms in total. The molecule has 2 atom stereocenters. The smallest absolute Gasteiger partial charge is 0.149 e. The predicted molar refractivity (Wildman–Crippen MR) is 51.6 cm³/mol. The Morgan fingerprint density at radius 1 is 1.58 bits per heavy atom. The van der Waals surface area contributed by atoms with Gasteiger partial charge < -0.3 is 4.74 Å². The van der Waals surface area contributed by atoms with Gasteiger partial charge in [-0.1, -0.05) is 22.4 Å². The van der Waals surface area contributed by atoms with Crippen molar-refractivity contribution in [1.29, 1.82) is 0 Å². The van der Waals surface area contributed by atoms with E-state index in [2.05, 4.69) is 15.9 Å². The Morgan fingerprint density at radius 2 is 2.33 bits per heavy atom. The Labute approximate surface area is 81.8 Å². The van der Waals surface area contributed by atoms with Crippen LogP contribution in [0.3, 0.4) is 0 Å². The number of rotatable bonds is 2. The highest BCUT2D eigenvalue weighted by atomic mass is 79.9. The van der Waals surface area contributed by atoms with Crippen molar-refractivity contribution in [2.75, 3.05) is 6.61 Å². The largest absolute Gasteiger partial charge is 0.377 e. The zero-order valence-corrected chi connectivity index (χ0v) is 8.97. The van der Waals surface area contributed by atoms with Gasteiger partial charge in [0.15, 0.2) is 0 Å². The van der Waals surface area contributed by atoms with E-state index in [-0.39, 0.29) is 10.9 Å². The van der Waals surface area contributed by atoms with Crippen LogP contribution in [-0.4, -0.2) is 23.3 Å². The number of carbonyl (C=O) groups excluding carboxylic acids is 1. The minimum Gasteiger partial charge on any atom is -0.377 e. The second-order valence-electron chi connectivity index (χ2n) is 3.11. The number of ketones is 1. The zero-order chi connectivity index (χ0) is 8.97. The summed E-state index contributed by atoms with van der Waals surface area (Å²) >= 11 is 3.40. The highest BCUT2D eigenvalue weighted by Crippen LogP contribution is 2.23. The van der Waals surface area contributed by atoms with Crippen LogP contribution in [0.15, 0.2) is 0 Å². The summed E-state index contributed by atoms with van der Waals surface area (Å²) in [6, 6.07) is 0. The maximum Gasteiger partial charge on any atom is 0.149 e. The molecular weight excluding hydrogens is 220 g/mol. The summed E-state index contributed by atoms with van der Waals surface area (Å²) in [5.74, 6) is 0.297. The highest BCUT2D eigenvalue weighted by Gasteiger charge is 2.27. The molecule has 0 aromatic rings. The molecule has 0 amide bonds. The Kier molecular flexibility index (Phi) is 4.22. The maximum atomic E-state index is 11.4. The molecule has 1 aliphatic carbocycles. The molecule has 1 saturated carbocycles. The molecule has 0 aromatic carbocycles. The molecule has 1 aliphatic rings. The molecule has 0 aromatic heterocycles. The van der Waals surface area contributed by atoms with Gasteiger partial charge in [-0.05, 0) is 19.8 Å². The molecule has 3 heteroatoms. The van der Waals surface area contributed by atoms with Gasteiger partial charge in [-0.15, -0.1) is 0 Å². The van der Waals surface area contributed by atoms with Crippen molar-refractivity contribution in [2.24, 2.45) is 0 Å². The van der Waals surface area contributed by atoms with Crippen molar-refractivity contribution in [2.45, 2.75) is 43.5 Å². The summed E-state index contributed by atoms with van der Waals surface area (Å²) in [5.41, 5.74) is 0. The molecule has 1 rings (SSSR count). The molecule has 0 saturated heterocycles. The SMILES string of the molecule is CCOC1CCCCC(=O)C1Br. The van der Waals surface area contributed by atoms with Gasteiger partial charge >= 0.3 is 0 Å². The Morgan fingerprint density at radius 3 is 3.00 bits per heavy atom. The van der Waals surface area contributed by atoms with Gasteiger partial charge in [0.25, 0.3) is 0 Å². The lowest BCUT2D eigenvalue weighted by Crippen LogP contribution is -2.29. The van der Waals surface area contributed by atoms with E-state index in [0.717, 1.165) is 19.3 Å². The van der Waals surface area contributed by atoms with Gasteiger partial charge in [0.2, 0.25) is 0 Å². The normalized spacial score (nSPS) is 31.7. The van der Waals surface area contributed by atoms with Crippen LogP contribution in [0.25, 0.3) is 0 Å². The van der Waals surface area contributed by atoms with E-state index < -0.39 is 0 Å². The molecule has 2 unspecified atom stereocenters. The second kappa shape index (κ2) is 4.97. The van der Waals surface area contributed by atoms with Crippen LogP contribution in [0.2, 0.25) is 0 Å². The lowest BCUT2D eigenvalue weighted by molar-refractivity contribution is -0.120. The van der Waals surface area contributed by atoms with Crippen LogP contribution in [0.5, 0.6) is 0 Å². The molecule has 0 spiro atoms. The van der Waals surface area contributed by atoms with Crippen molar-refractivity contribution >= 4 is 21.7 Å². The molecule has 0 radical (unpaired) electrons. The van der Waals surface area contributed by atoms with Gasteiger partial charge in [-0.2, -0.15) is 0 Å². The molecule has 0 bridgehead atoms. The number of alkyl halides is 1. The molecule has 0 N–H and O–H groups in total. The van der Waals surface area contributed by atoms with E-state index in [1.165, 1.54) is 0 Å². The standard InChI is InChI=1S/C9H15BrO2/c1-2-12-8-6-4-3-5-7(11)9(8)10/h8-9H,2-6H2,1H3. The first kappa shape index (κ1) is 10.2. The average Bonchev–Trinajstić information content (AvgIpc) is 2.20. The molecule has 0 aliphatic heterocycles. The fourth-order valence-corrected chi connectivity index (χ4v) is 2.16. The maximum absolute atomic E-state index is 11.4. The number of ether oxygens (including phenoxy) is 1. The first-order valence-electron chi connectivity index (χ1n) is 4.54. The summed E-state index contributed by atoms with van der Waals surface area (Å²) in [7, 11) is 0. The van der Waals surface area contributed by atoms with Crippen molar-refractivity contribution in [1.82, 2.24) is 0 Å². The average molecular weight is 235 g/mol. The number of halogens is 1. The number of hydrogen-bond acceptors (Lipinski definition) is 2. The van der Waals surface area contributed by atoms with Crippen LogP contribution in [0.4, 0.5) is 0 Å². The van der Waals surface area contributed by atoms with Crippen molar-refractivity contribution in [3.63, 3.8) is 0 Å². The fourth-order valence-electron chi connectivity index (χ4n) is 1.52. The third-order valence-corrected chi connectivity index (χ3v) is 3.28. The van der Waals surface area contributed by atoms with Crippen LogP contribution < -0.4 is 0 Å². The molecular formula is C9H15BrO2. The Balaban J connectivity index is 2.51. The third-order valence-electron chi connectivity index (χ3n) is 2.18. The fraction of sp³-hybridized carbons (Fsp3) is 0.889. The van der Waals surface area contributed by atoms with Crippen LogP contribution in [0.1, 0.15) is 32.6 Å². The molecule has 70 valence electrons. The van der Waals surface area contributed by atoms with E-state index in [1.54, 1.807) is 0 Å². The molecule has 1 fully saturated rings. The van der Waals surface area contributed by atoms with Crippen molar-refractivity contribution < 1.29 is 9.53 Å². The highest BCUT2D eigenvalue weighted by molar-refractivity contribution is 9.10. The van der Waals surface area contributed by atoms with E-state index in [1.807, 2.05) is 6.92 Å². The van der Waals surface area contributed by atoms with Gasteiger partial charge in [0, 0.05) is 13.0 Å². The minimum absolute atomic E-state index is 0.0695. The topological polar surface area (TPSA) is 26.3 Å². The van der Waals surface area contributed by atoms with Gasteiger partial charge in [0.05, 0.1) is 10.9 Å². The van der Waals surface area contributed by atoms with E-state index in [0.29, 0.717) is 18.8 Å². The summed E-state index contributed by atoms with van der Waals surface area (Å²) in [6.45, 7) is 2.66. The van der Waals surface area contributed by atoms with Gasteiger partial charge in [-0.25, -0.2) is 0 Å². The molecule has 12 heavy (non-hydrogen) atoms. The van der Waals surface area contributed by atoms with Gasteiger partial charge in [0.1, 0.15) is 5.78 Å². The monoisotopic (exact) mass is 234 g/mol. The van der Waals surface area contributed by atoms with E-state index >= 15 is 0 Å². The first-order chi connectivity index (χ1) is 5.75. The zero-order valence-electron chi connectivity index (χ0n) is 7.38. The lowest BCUT2D eigenvalue weighted by atomic mass is 10.1. The van der Waals surface area contributed by atoms with E-state index in [9.17, 15) is 4.79 Å². The number of hydrogen-bond donors (Lipinski definition) is 0. The second-order valence-corrected chi connectivity index (χ2v) is 4.09.